The van der Waals surface area contributed by atoms with Crippen LogP contribution in [-0.4, -0.2) is 10.9 Å². The van der Waals surface area contributed by atoms with Gasteiger partial charge in [0.1, 0.15) is 5.76 Å². The van der Waals surface area contributed by atoms with Crippen molar-refractivity contribution in [3.05, 3.63) is 23.0 Å². The van der Waals surface area contributed by atoms with Gasteiger partial charge in [-0.2, -0.15) is 0 Å². The highest BCUT2D eigenvalue weighted by Crippen LogP contribution is 2.42. The number of hydrogen-bond acceptors (Lipinski definition) is 2. The fraction of sp³-hybridized carbons (Fsp3) is 0.500. The van der Waals surface area contributed by atoms with Crippen LogP contribution in [0.5, 0.6) is 0 Å². The standard InChI is InChI=1S/C10H10F2O2/c11-9-6(13)3-1-5-2-4-7(14)10(12)8(5)9/h5,13H,1-4H2. The third-order valence-electron chi connectivity index (χ3n) is 2.83. The first kappa shape index (κ1) is 9.37. The molecule has 0 aliphatic heterocycles. The Morgan fingerprint density at radius 3 is 2.50 bits per heavy atom. The van der Waals surface area contributed by atoms with E-state index < -0.39 is 23.2 Å². The predicted octanol–water partition coefficient (Wildman–Crippen LogP) is 2.72. The van der Waals surface area contributed by atoms with E-state index in [2.05, 4.69) is 0 Å². The first-order chi connectivity index (χ1) is 6.61. The molecule has 2 aliphatic carbocycles. The number of allylic oxidation sites excluding steroid dienone is 4. The third-order valence-corrected chi connectivity index (χ3v) is 2.83. The monoisotopic (exact) mass is 200 g/mol. The SMILES string of the molecule is O=C1CCC2CCC(O)=C(F)C2=C1F. The lowest BCUT2D eigenvalue weighted by atomic mass is 9.79. The zero-order valence-electron chi connectivity index (χ0n) is 7.52. The van der Waals surface area contributed by atoms with Gasteiger partial charge in [0.05, 0.1) is 0 Å². The van der Waals surface area contributed by atoms with E-state index in [9.17, 15) is 13.6 Å². The van der Waals surface area contributed by atoms with Gasteiger partial charge in [-0.1, -0.05) is 0 Å². The van der Waals surface area contributed by atoms with E-state index in [1.807, 2.05) is 0 Å². The molecule has 0 aromatic heterocycles. The maximum Gasteiger partial charge on any atom is 0.191 e. The van der Waals surface area contributed by atoms with Crippen molar-refractivity contribution in [3.8, 4) is 0 Å². The van der Waals surface area contributed by atoms with E-state index in [1.54, 1.807) is 0 Å². The first-order valence-corrected chi connectivity index (χ1v) is 4.62. The van der Waals surface area contributed by atoms with Gasteiger partial charge in [0, 0.05) is 18.4 Å². The van der Waals surface area contributed by atoms with Crippen LogP contribution in [0.3, 0.4) is 0 Å². The largest absolute Gasteiger partial charge is 0.509 e. The highest BCUT2D eigenvalue weighted by molar-refractivity contribution is 5.95. The molecule has 2 aliphatic rings. The summed E-state index contributed by atoms with van der Waals surface area (Å²) in [4.78, 5) is 11.0. The number of halogens is 2. The average Bonchev–Trinajstić information content (AvgIpc) is 2.17. The molecule has 1 atom stereocenters. The third kappa shape index (κ3) is 1.25. The molecule has 0 bridgehead atoms. The molecule has 4 heteroatoms. The van der Waals surface area contributed by atoms with E-state index in [0.29, 0.717) is 12.8 Å². The Hall–Kier alpha value is -1.19. The summed E-state index contributed by atoms with van der Waals surface area (Å²) in [5.41, 5.74) is -0.204. The summed E-state index contributed by atoms with van der Waals surface area (Å²) in [6.45, 7) is 0. The predicted molar refractivity (Wildman–Crippen MR) is 45.9 cm³/mol. The molecule has 0 saturated heterocycles. The summed E-state index contributed by atoms with van der Waals surface area (Å²) in [5, 5.41) is 9.11. The van der Waals surface area contributed by atoms with Crippen molar-refractivity contribution in [1.29, 1.82) is 0 Å². The first-order valence-electron chi connectivity index (χ1n) is 4.62. The molecule has 0 spiro atoms. The minimum absolute atomic E-state index is 0.147. The molecule has 0 heterocycles. The quantitative estimate of drug-likeness (QED) is 0.652. The zero-order chi connectivity index (χ0) is 10.3. The molecule has 0 saturated carbocycles. The van der Waals surface area contributed by atoms with Crippen molar-refractivity contribution < 1.29 is 18.7 Å². The van der Waals surface area contributed by atoms with Crippen LogP contribution in [-0.2, 0) is 4.79 Å². The molecule has 0 amide bonds. The van der Waals surface area contributed by atoms with Gasteiger partial charge in [0.2, 0.25) is 0 Å². The molecule has 14 heavy (non-hydrogen) atoms. The summed E-state index contributed by atoms with van der Waals surface area (Å²) in [5.74, 6) is -3.23. The highest BCUT2D eigenvalue weighted by Gasteiger charge is 2.35. The van der Waals surface area contributed by atoms with Gasteiger partial charge in [-0.05, 0) is 18.8 Å². The van der Waals surface area contributed by atoms with Crippen molar-refractivity contribution in [2.75, 3.05) is 0 Å². The summed E-state index contributed by atoms with van der Waals surface area (Å²) < 4.78 is 26.6. The van der Waals surface area contributed by atoms with Gasteiger partial charge >= 0.3 is 0 Å². The van der Waals surface area contributed by atoms with Crippen molar-refractivity contribution >= 4 is 5.78 Å². The second kappa shape index (κ2) is 3.19. The molecular weight excluding hydrogens is 190 g/mol. The number of aliphatic hydroxyl groups is 1. The lowest BCUT2D eigenvalue weighted by Gasteiger charge is -2.27. The highest BCUT2D eigenvalue weighted by atomic mass is 19.1. The smallest absolute Gasteiger partial charge is 0.191 e. The van der Waals surface area contributed by atoms with Crippen LogP contribution in [0.25, 0.3) is 0 Å². The Labute approximate surface area is 79.9 Å². The second-order valence-electron chi connectivity index (χ2n) is 3.69. The number of hydrogen-bond donors (Lipinski definition) is 1. The van der Waals surface area contributed by atoms with Crippen molar-refractivity contribution in [2.24, 2.45) is 5.92 Å². The second-order valence-corrected chi connectivity index (χ2v) is 3.69. The van der Waals surface area contributed by atoms with Gasteiger partial charge in [0.15, 0.2) is 17.4 Å². The lowest BCUT2D eigenvalue weighted by Crippen LogP contribution is -2.21. The average molecular weight is 200 g/mol. The maximum absolute atomic E-state index is 13.3. The maximum atomic E-state index is 13.3. The number of Topliss-reactive ketones (excluding diaryl/α,β-unsaturated/α-hetero) is 1. The fourth-order valence-corrected chi connectivity index (χ4v) is 2.03. The Bertz CT molecular complexity index is 355. The van der Waals surface area contributed by atoms with Crippen LogP contribution < -0.4 is 0 Å². The van der Waals surface area contributed by atoms with Crippen LogP contribution in [0, 0.1) is 5.92 Å². The number of carbonyl (C=O) groups excluding carboxylic acids is 1. The zero-order valence-corrected chi connectivity index (χ0v) is 7.52. The minimum atomic E-state index is -0.995. The van der Waals surface area contributed by atoms with E-state index in [4.69, 9.17) is 5.11 Å². The Morgan fingerprint density at radius 1 is 1.14 bits per heavy atom. The molecule has 0 fully saturated rings. The van der Waals surface area contributed by atoms with Crippen molar-refractivity contribution in [2.45, 2.75) is 25.7 Å². The van der Waals surface area contributed by atoms with E-state index in [-0.39, 0.29) is 24.3 Å². The van der Waals surface area contributed by atoms with Crippen LogP contribution >= 0.6 is 0 Å². The van der Waals surface area contributed by atoms with E-state index >= 15 is 0 Å². The summed E-state index contributed by atoms with van der Waals surface area (Å²) in [6.07, 6.45) is 1.40. The van der Waals surface area contributed by atoms with Gasteiger partial charge in [-0.3, -0.25) is 4.79 Å². The minimum Gasteiger partial charge on any atom is -0.509 e. The van der Waals surface area contributed by atoms with E-state index in [0.717, 1.165) is 0 Å². The molecule has 2 nitrogen and oxygen atoms in total. The summed E-state index contributed by atoms with van der Waals surface area (Å²) in [6, 6.07) is 0. The molecule has 0 radical (unpaired) electrons. The molecular formula is C10H10F2O2. The van der Waals surface area contributed by atoms with E-state index in [1.165, 1.54) is 0 Å². The number of ketones is 1. The normalized spacial score (nSPS) is 28.1. The molecule has 76 valence electrons. The van der Waals surface area contributed by atoms with Crippen molar-refractivity contribution in [1.82, 2.24) is 0 Å². The Balaban J connectivity index is 2.52. The Morgan fingerprint density at radius 2 is 1.79 bits per heavy atom. The molecule has 1 unspecified atom stereocenters. The number of aliphatic hydroxyl groups excluding tert-OH is 1. The molecule has 1 N–H and O–H groups in total. The molecule has 0 aromatic rings. The van der Waals surface area contributed by atoms with Crippen LogP contribution in [0.2, 0.25) is 0 Å². The van der Waals surface area contributed by atoms with Crippen LogP contribution in [0.4, 0.5) is 8.78 Å². The number of carbonyl (C=O) groups is 1. The lowest BCUT2D eigenvalue weighted by molar-refractivity contribution is -0.117. The number of rotatable bonds is 0. The molecule has 0 aromatic carbocycles. The van der Waals surface area contributed by atoms with Gasteiger partial charge in [0.25, 0.3) is 0 Å². The molecule has 2 rings (SSSR count). The Kier molecular flexibility index (Phi) is 2.13. The number of fused-ring (bicyclic) bond motifs is 1. The van der Waals surface area contributed by atoms with Crippen molar-refractivity contribution in [3.63, 3.8) is 0 Å². The summed E-state index contributed by atoms with van der Waals surface area (Å²) >= 11 is 0. The van der Waals surface area contributed by atoms with Gasteiger partial charge in [-0.25, -0.2) is 8.78 Å². The topological polar surface area (TPSA) is 37.3 Å². The van der Waals surface area contributed by atoms with Crippen LogP contribution in [0.15, 0.2) is 23.0 Å². The van der Waals surface area contributed by atoms with Gasteiger partial charge in [-0.15, -0.1) is 0 Å². The fourth-order valence-electron chi connectivity index (χ4n) is 2.03. The van der Waals surface area contributed by atoms with Crippen LogP contribution in [0.1, 0.15) is 25.7 Å². The van der Waals surface area contributed by atoms with Gasteiger partial charge < -0.3 is 5.11 Å². The summed E-state index contributed by atoms with van der Waals surface area (Å²) in [7, 11) is 0.